The van der Waals surface area contributed by atoms with E-state index in [0.29, 0.717) is 17.8 Å². The molecule has 0 amide bonds. The van der Waals surface area contributed by atoms with E-state index in [0.717, 1.165) is 68.9 Å². The zero-order chi connectivity index (χ0) is 26.1. The summed E-state index contributed by atoms with van der Waals surface area (Å²) in [4.78, 5) is 0. The summed E-state index contributed by atoms with van der Waals surface area (Å²) >= 11 is 0. The Morgan fingerprint density at radius 1 is 1.03 bits per heavy atom. The van der Waals surface area contributed by atoms with Gasteiger partial charge in [0.25, 0.3) is 5.60 Å². The molecule has 196 valence electrons. The van der Waals surface area contributed by atoms with E-state index in [1.165, 1.54) is 11.5 Å². The van der Waals surface area contributed by atoms with Gasteiger partial charge in [-0.25, -0.2) is 0 Å². The van der Waals surface area contributed by atoms with Crippen LogP contribution in [0.15, 0.2) is 48.1 Å². The lowest BCUT2D eigenvalue weighted by Crippen LogP contribution is -2.57. The van der Waals surface area contributed by atoms with Crippen molar-refractivity contribution in [2.24, 2.45) is 28.6 Å². The van der Waals surface area contributed by atoms with Gasteiger partial charge in [-0.3, -0.25) is 0 Å². The Morgan fingerprint density at radius 3 is 2.47 bits per heavy atom. The first-order valence-electron chi connectivity index (χ1n) is 12.9. The highest BCUT2D eigenvalue weighted by Crippen LogP contribution is 2.89. The average Bonchev–Trinajstić information content (AvgIpc) is 3.36. The summed E-state index contributed by atoms with van der Waals surface area (Å²) in [6.07, 6.45) is 6.79. The average molecular weight is 509 g/mol. The number of hydrogen-bond donors (Lipinski definition) is 2. The van der Waals surface area contributed by atoms with Crippen LogP contribution in [0.4, 0.5) is 22.0 Å². The molecule has 1 spiro atoms. The van der Waals surface area contributed by atoms with Gasteiger partial charge in [0.2, 0.25) is 0 Å². The van der Waals surface area contributed by atoms with Crippen molar-refractivity contribution in [2.75, 3.05) is 0 Å². The van der Waals surface area contributed by atoms with Crippen LogP contribution in [-0.2, 0) is 0 Å². The molecule has 5 fully saturated rings. The second kappa shape index (κ2) is 8.30. The van der Waals surface area contributed by atoms with Crippen LogP contribution < -0.4 is 0 Å². The SMILES string of the molecule is C=CC(F)(F)C(O)(C#CCC12CC1C13CCC/C(=C\C=C4\CCCC(O)C4=C)[C@@H]1CC[C@H]23)C(F)(F)F. The van der Waals surface area contributed by atoms with Crippen LogP contribution in [0.5, 0.6) is 0 Å². The molecular formula is C29H33F5O2. The minimum atomic E-state index is -5.60. The van der Waals surface area contributed by atoms with Gasteiger partial charge >= 0.3 is 12.1 Å². The fraction of sp³-hybridized carbons (Fsp3) is 0.655. The van der Waals surface area contributed by atoms with Crippen LogP contribution in [0.25, 0.3) is 0 Å². The molecule has 0 aromatic carbocycles. The highest BCUT2D eigenvalue weighted by molar-refractivity contribution is 5.41. The molecule has 0 aliphatic heterocycles. The second-order valence-electron chi connectivity index (χ2n) is 11.5. The molecule has 0 aromatic rings. The molecule has 7 heteroatoms. The van der Waals surface area contributed by atoms with E-state index in [1.807, 2.05) is 0 Å². The van der Waals surface area contributed by atoms with Crippen LogP contribution in [0.2, 0.25) is 0 Å². The second-order valence-corrected chi connectivity index (χ2v) is 11.5. The standard InChI is InChI=1S/C29H33F5O2/c1-3-28(30,31)27(36,29(32,33)34)16-6-14-25-17-24(25)26-15-5-8-20(21(26)12-13-23(25)26)11-10-19-7-4-9-22(35)18(19)2/h3,10-11,21-24,35-36H,1-2,4-5,7-9,12-15,17H2/b19-10-,20-11+/t21-,22?,23+,24?,25?,26?,27?/m0/s1. The third-order valence-electron chi connectivity index (χ3n) is 10.1. The van der Waals surface area contributed by atoms with E-state index in [9.17, 15) is 32.2 Å². The fourth-order valence-electron chi connectivity index (χ4n) is 8.36. The molecule has 2 N–H and O–H groups in total. The van der Waals surface area contributed by atoms with Gasteiger partial charge in [-0.05, 0) is 104 Å². The maximum atomic E-state index is 13.9. The van der Waals surface area contributed by atoms with Crippen molar-refractivity contribution in [3.05, 3.63) is 48.1 Å². The lowest BCUT2D eigenvalue weighted by molar-refractivity contribution is -0.292. The van der Waals surface area contributed by atoms with E-state index in [-0.39, 0.29) is 23.3 Å². The number of alkyl halides is 5. The molecule has 7 atom stereocenters. The maximum absolute atomic E-state index is 13.9. The molecule has 5 rings (SSSR count). The molecule has 5 saturated carbocycles. The Hall–Kier alpha value is -1.91. The first-order chi connectivity index (χ1) is 16.8. The molecule has 5 aliphatic rings. The summed E-state index contributed by atoms with van der Waals surface area (Å²) in [6.45, 7) is 6.80. The molecule has 5 aliphatic carbocycles. The summed E-state index contributed by atoms with van der Waals surface area (Å²) in [6, 6.07) is 0. The Labute approximate surface area is 209 Å². The Bertz CT molecular complexity index is 1090. The topological polar surface area (TPSA) is 40.5 Å². The number of rotatable bonds is 4. The quantitative estimate of drug-likeness (QED) is 0.253. The normalized spacial score (nSPS) is 41.4. The molecule has 0 bridgehead atoms. The van der Waals surface area contributed by atoms with Gasteiger partial charge in [0.05, 0.1) is 6.10 Å². The van der Waals surface area contributed by atoms with E-state index >= 15 is 0 Å². The van der Waals surface area contributed by atoms with E-state index in [4.69, 9.17) is 0 Å². The molecular weight excluding hydrogens is 475 g/mol. The van der Waals surface area contributed by atoms with Crippen molar-refractivity contribution in [1.82, 2.24) is 0 Å². The predicted octanol–water partition coefficient (Wildman–Crippen LogP) is 6.66. The zero-order valence-corrected chi connectivity index (χ0v) is 20.3. The van der Waals surface area contributed by atoms with Crippen LogP contribution in [0.3, 0.4) is 0 Å². The van der Waals surface area contributed by atoms with Gasteiger partial charge in [0.15, 0.2) is 0 Å². The van der Waals surface area contributed by atoms with Gasteiger partial charge in [0, 0.05) is 6.42 Å². The smallest absolute Gasteiger partial charge is 0.388 e. The Kier molecular flexibility index (Phi) is 5.93. The van der Waals surface area contributed by atoms with Crippen molar-refractivity contribution in [3.63, 3.8) is 0 Å². The van der Waals surface area contributed by atoms with Gasteiger partial charge < -0.3 is 10.2 Å². The Balaban J connectivity index is 1.34. The highest BCUT2D eigenvalue weighted by atomic mass is 19.4. The van der Waals surface area contributed by atoms with Crippen molar-refractivity contribution >= 4 is 0 Å². The number of aliphatic hydroxyl groups is 2. The lowest BCUT2D eigenvalue weighted by atomic mass is 9.47. The first-order valence-corrected chi connectivity index (χ1v) is 12.9. The number of hydrogen-bond acceptors (Lipinski definition) is 2. The van der Waals surface area contributed by atoms with Crippen molar-refractivity contribution in [2.45, 2.75) is 88.0 Å². The number of allylic oxidation sites excluding steroid dienone is 3. The minimum Gasteiger partial charge on any atom is -0.388 e. The fourth-order valence-corrected chi connectivity index (χ4v) is 8.36. The van der Waals surface area contributed by atoms with Crippen LogP contribution >= 0.6 is 0 Å². The third kappa shape index (κ3) is 3.43. The summed E-state index contributed by atoms with van der Waals surface area (Å²) in [5.41, 5.74) is -1.19. The molecule has 0 heterocycles. The summed E-state index contributed by atoms with van der Waals surface area (Å²) in [5.74, 6) is 0.362. The van der Waals surface area contributed by atoms with Gasteiger partial charge in [-0.1, -0.05) is 42.7 Å². The molecule has 0 radical (unpaired) electrons. The predicted molar refractivity (Wildman–Crippen MR) is 127 cm³/mol. The van der Waals surface area contributed by atoms with E-state index < -0.39 is 23.8 Å². The van der Waals surface area contributed by atoms with Crippen molar-refractivity contribution < 1.29 is 32.2 Å². The van der Waals surface area contributed by atoms with Crippen LogP contribution in [-0.4, -0.2) is 34.0 Å². The Morgan fingerprint density at radius 2 is 1.78 bits per heavy atom. The molecule has 2 nitrogen and oxygen atoms in total. The van der Waals surface area contributed by atoms with Gasteiger partial charge in [0.1, 0.15) is 0 Å². The molecule has 36 heavy (non-hydrogen) atoms. The van der Waals surface area contributed by atoms with E-state index in [2.05, 4.69) is 31.2 Å². The van der Waals surface area contributed by atoms with Crippen LogP contribution in [0.1, 0.15) is 64.2 Å². The lowest BCUT2D eigenvalue weighted by Gasteiger charge is -2.56. The highest BCUT2D eigenvalue weighted by Gasteiger charge is 2.83. The van der Waals surface area contributed by atoms with Crippen LogP contribution in [0, 0.1) is 40.4 Å². The summed E-state index contributed by atoms with van der Waals surface area (Å²) in [7, 11) is 0. The monoisotopic (exact) mass is 508 g/mol. The van der Waals surface area contributed by atoms with E-state index in [1.54, 1.807) is 0 Å². The largest absolute Gasteiger partial charge is 0.435 e. The molecule has 0 saturated heterocycles. The number of aliphatic hydroxyl groups excluding tert-OH is 1. The van der Waals surface area contributed by atoms with Gasteiger partial charge in [-0.2, -0.15) is 22.0 Å². The first kappa shape index (κ1) is 25.7. The zero-order valence-electron chi connectivity index (χ0n) is 20.3. The van der Waals surface area contributed by atoms with Gasteiger partial charge in [-0.15, -0.1) is 0 Å². The number of halogens is 5. The maximum Gasteiger partial charge on any atom is 0.435 e. The van der Waals surface area contributed by atoms with Crippen molar-refractivity contribution in [1.29, 1.82) is 0 Å². The summed E-state index contributed by atoms with van der Waals surface area (Å²) in [5, 5.41) is 19.9. The molecule has 0 aromatic heterocycles. The molecule has 5 unspecified atom stereocenters. The minimum absolute atomic E-state index is 0.100. The third-order valence-corrected chi connectivity index (χ3v) is 10.1. The number of fused-ring (bicyclic) bond motifs is 2. The van der Waals surface area contributed by atoms with Crippen molar-refractivity contribution in [3.8, 4) is 11.8 Å². The summed E-state index contributed by atoms with van der Waals surface area (Å²) < 4.78 is 67.9.